The number of carbonyl (C=O) groups is 1. The topological polar surface area (TPSA) is 86.5 Å². The number of nitrogens with zero attached hydrogens (tertiary/aromatic N) is 2. The summed E-state index contributed by atoms with van der Waals surface area (Å²) in [6, 6.07) is 6.47. The number of ether oxygens (including phenoxy) is 1. The summed E-state index contributed by atoms with van der Waals surface area (Å²) in [6.45, 7) is 3.76. The molecule has 2 rings (SSSR count). The molecule has 1 aliphatic rings. The fraction of sp³-hybridized carbons (Fsp3) is 0.267. The van der Waals surface area contributed by atoms with Gasteiger partial charge in [-0.15, -0.1) is 0 Å². The first-order chi connectivity index (χ1) is 10.6. The van der Waals surface area contributed by atoms with Gasteiger partial charge < -0.3 is 10.1 Å². The first kappa shape index (κ1) is 15.9. The molecule has 1 aromatic rings. The van der Waals surface area contributed by atoms with E-state index in [0.717, 1.165) is 5.56 Å². The molecular weight excluding hydrogens is 304 g/mol. The first-order valence-corrected chi connectivity index (χ1v) is 7.08. The maximum absolute atomic E-state index is 12.2. The predicted molar refractivity (Wildman–Crippen MR) is 82.8 cm³/mol. The Labute approximate surface area is 133 Å². The third kappa shape index (κ3) is 3.38. The van der Waals surface area contributed by atoms with E-state index in [1.54, 1.807) is 44.3 Å². The van der Waals surface area contributed by atoms with E-state index >= 15 is 0 Å². The number of nitriles is 1. The lowest BCUT2D eigenvalue weighted by atomic mass is 9.96. The number of hydrogen-bond acceptors (Lipinski definition) is 6. The van der Waals surface area contributed by atoms with Crippen LogP contribution in [0.4, 0.5) is 0 Å². The van der Waals surface area contributed by atoms with Gasteiger partial charge in [-0.25, -0.2) is 9.79 Å². The van der Waals surface area contributed by atoms with Crippen molar-refractivity contribution in [1.29, 1.82) is 5.26 Å². The third-order valence-electron chi connectivity index (χ3n) is 3.10. The Balaban J connectivity index is 2.45. The third-order valence-corrected chi connectivity index (χ3v) is 3.35. The molecule has 1 atom stereocenters. The Kier molecular flexibility index (Phi) is 5.02. The van der Waals surface area contributed by atoms with Crippen LogP contribution >= 0.6 is 11.6 Å². The molecule has 0 radical (unpaired) electrons. The smallest absolute Gasteiger partial charge is 0.338 e. The second-order valence-electron chi connectivity index (χ2n) is 4.55. The van der Waals surface area contributed by atoms with E-state index in [0.29, 0.717) is 16.3 Å². The molecule has 7 heteroatoms. The minimum atomic E-state index is -0.562. The molecule has 0 fully saturated rings. The van der Waals surface area contributed by atoms with Crippen LogP contribution in [0.25, 0.3) is 0 Å². The average Bonchev–Trinajstić information content (AvgIpc) is 2.48. The highest BCUT2D eigenvalue weighted by atomic mass is 35.5. The predicted octanol–water partition coefficient (Wildman–Crippen LogP) is 2.25. The van der Waals surface area contributed by atoms with Crippen molar-refractivity contribution >= 4 is 23.5 Å². The number of hydrogen-bond donors (Lipinski definition) is 2. The number of halogens is 1. The number of rotatable bonds is 3. The number of benzene rings is 1. The summed E-state index contributed by atoms with van der Waals surface area (Å²) in [6.07, 6.45) is 1.81. The molecule has 0 saturated carbocycles. The molecule has 2 N–H and O–H groups in total. The van der Waals surface area contributed by atoms with E-state index < -0.39 is 12.0 Å². The Morgan fingerprint density at radius 3 is 2.77 bits per heavy atom. The highest BCUT2D eigenvalue weighted by Gasteiger charge is 2.30. The van der Waals surface area contributed by atoms with E-state index in [9.17, 15) is 4.79 Å². The summed E-state index contributed by atoms with van der Waals surface area (Å²) in [7, 11) is 0. The fourth-order valence-corrected chi connectivity index (χ4v) is 2.28. The summed E-state index contributed by atoms with van der Waals surface area (Å²) in [4.78, 5) is 16.6. The Morgan fingerprint density at radius 1 is 1.50 bits per heavy atom. The molecule has 1 aliphatic heterocycles. The van der Waals surface area contributed by atoms with Crippen LogP contribution in [-0.2, 0) is 9.53 Å². The molecule has 0 amide bonds. The summed E-state index contributed by atoms with van der Waals surface area (Å²) < 4.78 is 5.10. The van der Waals surface area contributed by atoms with Gasteiger partial charge in [-0.3, -0.25) is 5.32 Å². The van der Waals surface area contributed by atoms with Crippen molar-refractivity contribution in [3.63, 3.8) is 0 Å². The van der Waals surface area contributed by atoms with Gasteiger partial charge in [0, 0.05) is 10.7 Å². The van der Waals surface area contributed by atoms with Gasteiger partial charge in [0.15, 0.2) is 6.19 Å². The highest BCUT2D eigenvalue weighted by molar-refractivity contribution is 6.30. The van der Waals surface area contributed by atoms with Gasteiger partial charge in [0.25, 0.3) is 0 Å². The number of allylic oxidation sites excluding steroid dienone is 1. The quantitative estimate of drug-likeness (QED) is 0.507. The van der Waals surface area contributed by atoms with Gasteiger partial charge in [0.1, 0.15) is 6.04 Å². The van der Waals surface area contributed by atoms with Gasteiger partial charge in [-0.2, -0.15) is 5.26 Å². The maximum atomic E-state index is 12.2. The van der Waals surface area contributed by atoms with Crippen LogP contribution in [-0.4, -0.2) is 18.5 Å². The van der Waals surface area contributed by atoms with Gasteiger partial charge in [-0.05, 0) is 31.5 Å². The molecular formula is C15H15ClN4O2. The van der Waals surface area contributed by atoms with Crippen LogP contribution in [0, 0.1) is 11.5 Å². The largest absolute Gasteiger partial charge is 0.463 e. The summed E-state index contributed by atoms with van der Waals surface area (Å²) in [5.74, 6) is -0.153. The first-order valence-electron chi connectivity index (χ1n) is 6.70. The number of carbonyl (C=O) groups excluding carboxylic acids is 1. The van der Waals surface area contributed by atoms with Crippen LogP contribution in [0.5, 0.6) is 0 Å². The van der Waals surface area contributed by atoms with Crippen molar-refractivity contribution < 1.29 is 9.53 Å². The minimum absolute atomic E-state index is 0.274. The lowest BCUT2D eigenvalue weighted by Gasteiger charge is -2.25. The second-order valence-corrected chi connectivity index (χ2v) is 4.99. The maximum Gasteiger partial charge on any atom is 0.338 e. The standard InChI is InChI=1S/C15H15ClN4O2/c1-3-22-14(21)12-9(2)19-15(18-8-17)20-13(12)10-4-6-11(16)7-5-10/h4-7,13H,3H2,1-2H3,(H2,18,19,20)/t13-/m1/s1. The van der Waals surface area contributed by atoms with Crippen LogP contribution in [0.15, 0.2) is 40.5 Å². The monoisotopic (exact) mass is 318 g/mol. The van der Waals surface area contributed by atoms with Gasteiger partial charge >= 0.3 is 5.97 Å². The van der Waals surface area contributed by atoms with Gasteiger partial charge in [0.2, 0.25) is 5.96 Å². The van der Waals surface area contributed by atoms with Crippen LogP contribution in [0.3, 0.4) is 0 Å². The zero-order valence-corrected chi connectivity index (χ0v) is 12.9. The minimum Gasteiger partial charge on any atom is -0.463 e. The summed E-state index contributed by atoms with van der Waals surface area (Å²) >= 11 is 5.90. The van der Waals surface area contributed by atoms with Crippen LogP contribution < -0.4 is 10.6 Å². The van der Waals surface area contributed by atoms with Crippen molar-refractivity contribution in [3.8, 4) is 6.19 Å². The lowest BCUT2D eigenvalue weighted by Crippen LogP contribution is -2.39. The molecule has 0 unspecified atom stereocenters. The summed E-state index contributed by atoms with van der Waals surface area (Å²) in [5, 5.41) is 14.7. The van der Waals surface area contributed by atoms with E-state index in [4.69, 9.17) is 21.6 Å². The number of guanidine groups is 1. The van der Waals surface area contributed by atoms with Crippen molar-refractivity contribution in [3.05, 3.63) is 46.1 Å². The SMILES string of the molecule is CCOC(=O)C1=C(C)NC(NC#N)=N[C@@H]1c1ccc(Cl)cc1. The van der Waals surface area contributed by atoms with E-state index in [2.05, 4.69) is 15.6 Å². The molecule has 114 valence electrons. The molecule has 22 heavy (non-hydrogen) atoms. The van der Waals surface area contributed by atoms with Gasteiger partial charge in [-0.1, -0.05) is 23.7 Å². The number of nitrogens with one attached hydrogen (secondary N) is 2. The Morgan fingerprint density at radius 2 is 2.18 bits per heavy atom. The molecule has 0 saturated heterocycles. The van der Waals surface area contributed by atoms with Crippen molar-refractivity contribution in [2.24, 2.45) is 4.99 Å². The normalized spacial score (nSPS) is 17.2. The summed E-state index contributed by atoms with van der Waals surface area (Å²) in [5.41, 5.74) is 1.78. The number of aliphatic imine (C=N–C) groups is 1. The molecule has 1 heterocycles. The molecule has 6 nitrogen and oxygen atoms in total. The zero-order valence-electron chi connectivity index (χ0n) is 12.2. The molecule has 1 aromatic carbocycles. The molecule has 0 spiro atoms. The molecule has 0 aliphatic carbocycles. The zero-order chi connectivity index (χ0) is 16.1. The van der Waals surface area contributed by atoms with Crippen molar-refractivity contribution in [1.82, 2.24) is 10.6 Å². The van der Waals surface area contributed by atoms with Gasteiger partial charge in [0.05, 0.1) is 12.2 Å². The number of esters is 1. The highest BCUT2D eigenvalue weighted by Crippen LogP contribution is 2.31. The fourth-order valence-electron chi connectivity index (χ4n) is 2.15. The average molecular weight is 319 g/mol. The van der Waals surface area contributed by atoms with Crippen LogP contribution in [0.1, 0.15) is 25.5 Å². The van der Waals surface area contributed by atoms with Crippen molar-refractivity contribution in [2.75, 3.05) is 6.61 Å². The van der Waals surface area contributed by atoms with E-state index in [-0.39, 0.29) is 12.6 Å². The second kappa shape index (κ2) is 6.96. The molecule has 0 aromatic heterocycles. The Hall–Kier alpha value is -2.52. The van der Waals surface area contributed by atoms with E-state index in [1.165, 1.54) is 0 Å². The molecule has 0 bridgehead atoms. The van der Waals surface area contributed by atoms with Crippen LogP contribution in [0.2, 0.25) is 5.02 Å². The van der Waals surface area contributed by atoms with E-state index in [1.807, 2.05) is 0 Å². The van der Waals surface area contributed by atoms with Crippen molar-refractivity contribution in [2.45, 2.75) is 19.9 Å². The Bertz CT molecular complexity index is 674. The lowest BCUT2D eigenvalue weighted by molar-refractivity contribution is -0.138.